The third-order valence-corrected chi connectivity index (χ3v) is 6.72. The molecule has 0 saturated carbocycles. The first-order valence-corrected chi connectivity index (χ1v) is 12.1. The molecule has 1 saturated heterocycles. The van der Waals surface area contributed by atoms with Crippen molar-refractivity contribution in [1.29, 1.82) is 0 Å². The number of benzene rings is 3. The SMILES string of the molecule is COC(=O)c1ccc(Oc2ccc(/C=C3\SC(=O)N(Cc4ccccc4Cl)C3=O)cc2OC)c([N+](=O)[O-])c1. The molecule has 0 unspecified atom stereocenters. The van der Waals surface area contributed by atoms with Crippen molar-refractivity contribution in [3.05, 3.63) is 97.4 Å². The highest BCUT2D eigenvalue weighted by atomic mass is 35.5. The van der Waals surface area contributed by atoms with Crippen molar-refractivity contribution in [1.82, 2.24) is 4.90 Å². The molecule has 0 aliphatic carbocycles. The fraction of sp³-hybridized carbons (Fsp3) is 0.115. The lowest BCUT2D eigenvalue weighted by Gasteiger charge is -2.13. The Balaban J connectivity index is 1.58. The molecule has 194 valence electrons. The monoisotopic (exact) mass is 554 g/mol. The van der Waals surface area contributed by atoms with Crippen molar-refractivity contribution in [3.8, 4) is 17.2 Å². The van der Waals surface area contributed by atoms with Crippen LogP contribution in [-0.4, -0.2) is 41.2 Å². The number of ether oxygens (including phenoxy) is 3. The quantitative estimate of drug-likeness (QED) is 0.141. The summed E-state index contributed by atoms with van der Waals surface area (Å²) in [5.41, 5.74) is 0.742. The number of carbonyl (C=O) groups excluding carboxylic acids is 3. The van der Waals surface area contributed by atoms with Crippen LogP contribution >= 0.6 is 23.4 Å². The second-order valence-electron chi connectivity index (χ2n) is 7.80. The number of halogens is 1. The summed E-state index contributed by atoms with van der Waals surface area (Å²) in [5, 5.41) is 11.6. The third-order valence-electron chi connectivity index (χ3n) is 5.44. The fourth-order valence-electron chi connectivity index (χ4n) is 3.55. The van der Waals surface area contributed by atoms with Gasteiger partial charge < -0.3 is 14.2 Å². The molecule has 1 heterocycles. The van der Waals surface area contributed by atoms with Crippen molar-refractivity contribution < 1.29 is 33.5 Å². The molecule has 38 heavy (non-hydrogen) atoms. The molecule has 10 nitrogen and oxygen atoms in total. The molecule has 0 atom stereocenters. The Labute approximate surface area is 225 Å². The maximum absolute atomic E-state index is 12.9. The molecule has 0 bridgehead atoms. The number of amides is 2. The maximum atomic E-state index is 12.9. The summed E-state index contributed by atoms with van der Waals surface area (Å²) in [4.78, 5) is 49.4. The number of rotatable bonds is 8. The summed E-state index contributed by atoms with van der Waals surface area (Å²) in [7, 11) is 2.56. The highest BCUT2D eigenvalue weighted by Gasteiger charge is 2.35. The van der Waals surface area contributed by atoms with E-state index in [1.807, 2.05) is 0 Å². The number of hydrogen-bond acceptors (Lipinski definition) is 9. The predicted molar refractivity (Wildman–Crippen MR) is 140 cm³/mol. The Morgan fingerprint density at radius 3 is 2.47 bits per heavy atom. The summed E-state index contributed by atoms with van der Waals surface area (Å²) in [6, 6.07) is 15.3. The van der Waals surface area contributed by atoms with Crippen LogP contribution in [-0.2, 0) is 16.1 Å². The van der Waals surface area contributed by atoms with E-state index in [1.165, 1.54) is 38.5 Å². The molecule has 0 radical (unpaired) electrons. The van der Waals surface area contributed by atoms with Crippen LogP contribution in [0, 0.1) is 10.1 Å². The van der Waals surface area contributed by atoms with E-state index in [2.05, 4.69) is 4.74 Å². The van der Waals surface area contributed by atoms with Gasteiger partial charge in [0.25, 0.3) is 11.1 Å². The fourth-order valence-corrected chi connectivity index (χ4v) is 4.59. The summed E-state index contributed by atoms with van der Waals surface area (Å²) < 4.78 is 15.7. The van der Waals surface area contributed by atoms with E-state index in [0.29, 0.717) is 16.1 Å². The third kappa shape index (κ3) is 5.63. The number of esters is 1. The van der Waals surface area contributed by atoms with Crippen LogP contribution in [0.25, 0.3) is 6.08 Å². The van der Waals surface area contributed by atoms with Crippen molar-refractivity contribution >= 4 is 52.2 Å². The second-order valence-corrected chi connectivity index (χ2v) is 9.20. The van der Waals surface area contributed by atoms with Crippen LogP contribution in [0.2, 0.25) is 5.02 Å². The molecule has 4 rings (SSSR count). The molecule has 3 aromatic carbocycles. The zero-order chi connectivity index (χ0) is 27.4. The van der Waals surface area contributed by atoms with Gasteiger partial charge in [0, 0.05) is 11.1 Å². The summed E-state index contributed by atoms with van der Waals surface area (Å²) in [6.07, 6.45) is 1.54. The van der Waals surface area contributed by atoms with E-state index in [-0.39, 0.29) is 34.3 Å². The number of imide groups is 1. The van der Waals surface area contributed by atoms with Crippen molar-refractivity contribution in [2.24, 2.45) is 0 Å². The minimum Gasteiger partial charge on any atom is -0.493 e. The van der Waals surface area contributed by atoms with Crippen molar-refractivity contribution in [2.75, 3.05) is 14.2 Å². The molecule has 0 spiro atoms. The number of nitrogens with zero attached hydrogens (tertiary/aromatic N) is 2. The molecule has 2 amide bonds. The average molecular weight is 555 g/mol. The van der Waals surface area contributed by atoms with Gasteiger partial charge in [0.1, 0.15) is 0 Å². The lowest BCUT2D eigenvalue weighted by Crippen LogP contribution is -2.27. The molecule has 0 N–H and O–H groups in total. The molecular formula is C26H19ClN2O8S. The molecular weight excluding hydrogens is 536 g/mol. The van der Waals surface area contributed by atoms with Gasteiger partial charge >= 0.3 is 11.7 Å². The number of hydrogen-bond donors (Lipinski definition) is 0. The first-order valence-electron chi connectivity index (χ1n) is 10.9. The lowest BCUT2D eigenvalue weighted by molar-refractivity contribution is -0.385. The van der Waals surface area contributed by atoms with Gasteiger partial charge in [-0.05, 0) is 59.3 Å². The van der Waals surface area contributed by atoms with Crippen molar-refractivity contribution in [3.63, 3.8) is 0 Å². The van der Waals surface area contributed by atoms with Gasteiger partial charge in [-0.1, -0.05) is 35.9 Å². The summed E-state index contributed by atoms with van der Waals surface area (Å²) in [6.45, 7) is 0.0470. The van der Waals surface area contributed by atoms with Gasteiger partial charge in [0.2, 0.25) is 5.75 Å². The summed E-state index contributed by atoms with van der Waals surface area (Å²) >= 11 is 6.97. The Kier molecular flexibility index (Phi) is 7.99. The topological polar surface area (TPSA) is 125 Å². The first kappa shape index (κ1) is 26.7. The van der Waals surface area contributed by atoms with E-state index >= 15 is 0 Å². The van der Waals surface area contributed by atoms with Gasteiger partial charge in [0.15, 0.2) is 11.5 Å². The summed E-state index contributed by atoms with van der Waals surface area (Å²) in [5.74, 6) is -0.918. The van der Waals surface area contributed by atoms with Gasteiger partial charge in [-0.25, -0.2) is 4.79 Å². The Bertz CT molecular complexity index is 1490. The highest BCUT2D eigenvalue weighted by Crippen LogP contribution is 2.39. The van der Waals surface area contributed by atoms with Crippen LogP contribution < -0.4 is 9.47 Å². The van der Waals surface area contributed by atoms with E-state index in [1.54, 1.807) is 36.4 Å². The standard InChI is InChI=1S/C26H19ClN2O8S/c1-35-22-11-15(12-23-24(30)28(26(32)38-23)14-17-5-3-4-6-18(17)27)7-9-21(22)37-20-10-8-16(25(31)36-2)13-19(20)29(33)34/h3-13H,14H2,1-2H3/b23-12-. The smallest absolute Gasteiger partial charge is 0.338 e. The van der Waals surface area contributed by atoms with Crippen LogP contribution in [0.3, 0.4) is 0 Å². The number of methoxy groups -OCH3 is 2. The van der Waals surface area contributed by atoms with E-state index in [9.17, 15) is 24.5 Å². The zero-order valence-corrected chi connectivity index (χ0v) is 21.6. The molecule has 12 heteroatoms. The van der Waals surface area contributed by atoms with Crippen LogP contribution in [0.1, 0.15) is 21.5 Å². The number of nitro groups is 1. The molecule has 1 fully saturated rings. The maximum Gasteiger partial charge on any atom is 0.338 e. The van der Waals surface area contributed by atoms with Gasteiger partial charge in [-0.15, -0.1) is 0 Å². The van der Waals surface area contributed by atoms with Gasteiger partial charge in [-0.2, -0.15) is 0 Å². The Hall–Kier alpha value is -4.35. The predicted octanol–water partition coefficient (Wildman–Crippen LogP) is 6.07. The van der Waals surface area contributed by atoms with Crippen LogP contribution in [0.15, 0.2) is 65.6 Å². The number of carbonyl (C=O) groups is 3. The molecule has 1 aliphatic rings. The first-order chi connectivity index (χ1) is 18.2. The molecule has 0 aromatic heterocycles. The largest absolute Gasteiger partial charge is 0.493 e. The Morgan fingerprint density at radius 2 is 1.79 bits per heavy atom. The van der Waals surface area contributed by atoms with Crippen molar-refractivity contribution in [2.45, 2.75) is 6.54 Å². The van der Waals surface area contributed by atoms with E-state index < -0.39 is 27.7 Å². The van der Waals surface area contributed by atoms with Gasteiger partial charge in [0.05, 0.1) is 36.2 Å². The van der Waals surface area contributed by atoms with E-state index in [0.717, 1.165) is 22.7 Å². The van der Waals surface area contributed by atoms with Crippen LogP contribution in [0.5, 0.6) is 17.2 Å². The minimum atomic E-state index is -0.724. The normalized spacial score (nSPS) is 14.1. The number of nitro benzene ring substituents is 1. The van der Waals surface area contributed by atoms with Gasteiger partial charge in [-0.3, -0.25) is 24.6 Å². The molecule has 1 aliphatic heterocycles. The van der Waals surface area contributed by atoms with Crippen LogP contribution in [0.4, 0.5) is 10.5 Å². The highest BCUT2D eigenvalue weighted by molar-refractivity contribution is 8.18. The average Bonchev–Trinajstić information content (AvgIpc) is 3.17. The lowest BCUT2D eigenvalue weighted by atomic mass is 10.1. The second kappa shape index (κ2) is 11.4. The van der Waals surface area contributed by atoms with E-state index in [4.69, 9.17) is 21.1 Å². The molecule has 3 aromatic rings. The Morgan fingerprint density at radius 1 is 1.05 bits per heavy atom. The zero-order valence-electron chi connectivity index (χ0n) is 20.0. The minimum absolute atomic E-state index is 0.00246. The number of thioether (sulfide) groups is 1.